The summed E-state index contributed by atoms with van der Waals surface area (Å²) in [4.78, 5) is 1.97. The first-order chi connectivity index (χ1) is 9.54. The molecule has 20 heavy (non-hydrogen) atoms. The van der Waals surface area contributed by atoms with E-state index in [1.54, 1.807) is 0 Å². The molecule has 2 aliphatic rings. The molecule has 1 heterocycles. The van der Waals surface area contributed by atoms with Crippen LogP contribution in [0.25, 0.3) is 0 Å². The first-order valence-electron chi connectivity index (χ1n) is 7.11. The molecular weight excluding hydrogens is 265 g/mol. The van der Waals surface area contributed by atoms with E-state index in [0.29, 0.717) is 19.0 Å². The van der Waals surface area contributed by atoms with Gasteiger partial charge in [0.2, 0.25) is 0 Å². The minimum atomic E-state index is -4.10. The summed E-state index contributed by atoms with van der Waals surface area (Å²) in [6.45, 7) is 2.24. The zero-order valence-electron chi connectivity index (χ0n) is 11.3. The van der Waals surface area contributed by atoms with Gasteiger partial charge in [-0.2, -0.15) is 13.2 Å². The van der Waals surface area contributed by atoms with Gasteiger partial charge in [0.05, 0.1) is 5.92 Å². The van der Waals surface area contributed by atoms with Crippen molar-refractivity contribution in [2.45, 2.75) is 18.5 Å². The highest BCUT2D eigenvalue weighted by atomic mass is 19.4. The molecule has 0 saturated carbocycles. The Bertz CT molecular complexity index is 472. The van der Waals surface area contributed by atoms with Crippen LogP contribution in [0, 0.1) is 5.92 Å². The van der Waals surface area contributed by atoms with Crippen molar-refractivity contribution in [2.75, 3.05) is 32.7 Å². The molecule has 0 aromatic heterocycles. The van der Waals surface area contributed by atoms with Crippen LogP contribution < -0.4 is 5.32 Å². The number of nitrogens with zero attached hydrogens (tertiary/aromatic N) is 1. The average molecular weight is 284 g/mol. The standard InChI is InChI=1S/C15H19F3N2/c16-15(17,18)13-8-19-5-6-20(10-13)9-12-7-11-3-1-2-4-14(11)12/h1-4,12-13,19H,5-10H2. The fraction of sp³-hybridized carbons (Fsp3) is 0.600. The van der Waals surface area contributed by atoms with Crippen LogP contribution in [0.1, 0.15) is 17.0 Å². The maximum atomic E-state index is 12.9. The second-order valence-electron chi connectivity index (χ2n) is 5.80. The number of rotatable bonds is 2. The predicted octanol–water partition coefficient (Wildman–Crippen LogP) is 2.41. The highest BCUT2D eigenvalue weighted by Crippen LogP contribution is 2.36. The number of nitrogens with one attached hydrogen (secondary N) is 1. The SMILES string of the molecule is FC(F)(F)C1CNCCN(CC2Cc3ccccc32)C1. The highest BCUT2D eigenvalue weighted by molar-refractivity contribution is 5.40. The molecule has 0 amide bonds. The summed E-state index contributed by atoms with van der Waals surface area (Å²) < 4.78 is 38.7. The smallest absolute Gasteiger partial charge is 0.315 e. The van der Waals surface area contributed by atoms with Gasteiger partial charge in [-0.05, 0) is 17.5 Å². The van der Waals surface area contributed by atoms with Gasteiger partial charge in [0.25, 0.3) is 0 Å². The normalized spacial score (nSPS) is 27.6. The van der Waals surface area contributed by atoms with Gasteiger partial charge in [-0.1, -0.05) is 24.3 Å². The minimum Gasteiger partial charge on any atom is -0.315 e. The molecule has 1 aliphatic carbocycles. The van der Waals surface area contributed by atoms with Crippen molar-refractivity contribution in [3.05, 3.63) is 35.4 Å². The van der Waals surface area contributed by atoms with Crippen LogP contribution in [0.4, 0.5) is 13.2 Å². The van der Waals surface area contributed by atoms with E-state index in [1.165, 1.54) is 11.1 Å². The van der Waals surface area contributed by atoms with E-state index in [-0.39, 0.29) is 13.1 Å². The van der Waals surface area contributed by atoms with E-state index in [1.807, 2.05) is 17.0 Å². The summed E-state index contributed by atoms with van der Waals surface area (Å²) in [5.74, 6) is -0.849. The Morgan fingerprint density at radius 3 is 2.80 bits per heavy atom. The lowest BCUT2D eigenvalue weighted by atomic mass is 9.77. The Morgan fingerprint density at radius 2 is 2.05 bits per heavy atom. The molecule has 2 unspecified atom stereocenters. The number of halogens is 3. The van der Waals surface area contributed by atoms with Crippen LogP contribution in [0.15, 0.2) is 24.3 Å². The first kappa shape index (κ1) is 13.9. The highest BCUT2D eigenvalue weighted by Gasteiger charge is 2.41. The van der Waals surface area contributed by atoms with Crippen molar-refractivity contribution in [2.24, 2.45) is 5.92 Å². The van der Waals surface area contributed by atoms with Crippen molar-refractivity contribution >= 4 is 0 Å². The van der Waals surface area contributed by atoms with Gasteiger partial charge in [0.15, 0.2) is 0 Å². The van der Waals surface area contributed by atoms with Crippen molar-refractivity contribution in [1.29, 1.82) is 0 Å². The molecule has 2 atom stereocenters. The molecule has 5 heteroatoms. The maximum absolute atomic E-state index is 12.9. The van der Waals surface area contributed by atoms with E-state index >= 15 is 0 Å². The summed E-state index contributed by atoms with van der Waals surface area (Å²) in [7, 11) is 0. The van der Waals surface area contributed by atoms with Crippen molar-refractivity contribution < 1.29 is 13.2 Å². The van der Waals surface area contributed by atoms with Crippen LogP contribution >= 0.6 is 0 Å². The molecule has 1 aromatic rings. The lowest BCUT2D eigenvalue weighted by Gasteiger charge is -2.35. The van der Waals surface area contributed by atoms with Crippen molar-refractivity contribution in [1.82, 2.24) is 10.2 Å². The van der Waals surface area contributed by atoms with Crippen molar-refractivity contribution in [3.63, 3.8) is 0 Å². The fourth-order valence-corrected chi connectivity index (χ4v) is 3.20. The Labute approximate surface area is 117 Å². The van der Waals surface area contributed by atoms with Gasteiger partial charge < -0.3 is 10.2 Å². The van der Waals surface area contributed by atoms with Crippen molar-refractivity contribution in [3.8, 4) is 0 Å². The van der Waals surface area contributed by atoms with Gasteiger partial charge in [0.1, 0.15) is 0 Å². The number of hydrogen-bond donors (Lipinski definition) is 1. The van der Waals surface area contributed by atoms with Crippen LogP contribution in [-0.2, 0) is 6.42 Å². The number of alkyl halides is 3. The van der Waals surface area contributed by atoms with E-state index in [4.69, 9.17) is 0 Å². The minimum absolute atomic E-state index is 0.0429. The van der Waals surface area contributed by atoms with Gasteiger partial charge >= 0.3 is 6.18 Å². The quantitative estimate of drug-likeness (QED) is 0.897. The first-order valence-corrected chi connectivity index (χ1v) is 7.11. The molecule has 1 fully saturated rings. The second-order valence-corrected chi connectivity index (χ2v) is 5.80. The van der Waals surface area contributed by atoms with Crippen LogP contribution in [0.3, 0.4) is 0 Å². The molecule has 0 spiro atoms. The number of fused-ring (bicyclic) bond motifs is 1. The molecule has 110 valence electrons. The molecule has 2 nitrogen and oxygen atoms in total. The van der Waals surface area contributed by atoms with E-state index in [0.717, 1.165) is 13.0 Å². The van der Waals surface area contributed by atoms with E-state index in [2.05, 4.69) is 17.4 Å². The molecule has 1 saturated heterocycles. The largest absolute Gasteiger partial charge is 0.394 e. The zero-order chi connectivity index (χ0) is 14.2. The number of benzene rings is 1. The van der Waals surface area contributed by atoms with E-state index < -0.39 is 12.1 Å². The Hall–Kier alpha value is -1.07. The number of hydrogen-bond acceptors (Lipinski definition) is 2. The van der Waals surface area contributed by atoms with Gasteiger partial charge in [-0.3, -0.25) is 0 Å². The Kier molecular flexibility index (Phi) is 3.73. The van der Waals surface area contributed by atoms with E-state index in [9.17, 15) is 13.2 Å². The summed E-state index contributed by atoms with van der Waals surface area (Å²) in [6, 6.07) is 8.23. The van der Waals surface area contributed by atoms with Gasteiger partial charge in [0, 0.05) is 38.6 Å². The second kappa shape index (κ2) is 5.37. The zero-order valence-corrected chi connectivity index (χ0v) is 11.3. The van der Waals surface area contributed by atoms with Crippen LogP contribution in [0.5, 0.6) is 0 Å². The lowest BCUT2D eigenvalue weighted by Crippen LogP contribution is -2.41. The monoisotopic (exact) mass is 284 g/mol. The summed E-state index contributed by atoms with van der Waals surface area (Å²) >= 11 is 0. The van der Waals surface area contributed by atoms with Gasteiger partial charge in [-0.15, -0.1) is 0 Å². The third-order valence-electron chi connectivity index (χ3n) is 4.38. The maximum Gasteiger partial charge on any atom is 0.394 e. The molecule has 1 N–H and O–H groups in total. The summed E-state index contributed by atoms with van der Waals surface area (Å²) in [5.41, 5.74) is 2.66. The fourth-order valence-electron chi connectivity index (χ4n) is 3.20. The molecular formula is C15H19F3N2. The topological polar surface area (TPSA) is 15.3 Å². The summed E-state index contributed by atoms with van der Waals surface area (Å²) in [6.07, 6.45) is -3.11. The lowest BCUT2D eigenvalue weighted by molar-refractivity contribution is -0.175. The molecule has 0 radical (unpaired) electrons. The molecule has 1 aliphatic heterocycles. The van der Waals surface area contributed by atoms with Crippen LogP contribution in [-0.4, -0.2) is 43.8 Å². The third-order valence-corrected chi connectivity index (χ3v) is 4.38. The third kappa shape index (κ3) is 2.83. The predicted molar refractivity (Wildman–Crippen MR) is 71.7 cm³/mol. The molecule has 3 rings (SSSR count). The molecule has 0 bridgehead atoms. The average Bonchev–Trinajstić information content (AvgIpc) is 2.61. The molecule has 1 aromatic carbocycles. The van der Waals surface area contributed by atoms with Gasteiger partial charge in [-0.25, -0.2) is 0 Å². The van der Waals surface area contributed by atoms with Crippen LogP contribution in [0.2, 0.25) is 0 Å². The summed E-state index contributed by atoms with van der Waals surface area (Å²) in [5, 5.41) is 2.90. The Balaban J connectivity index is 1.63. The Morgan fingerprint density at radius 1 is 1.25 bits per heavy atom.